The van der Waals surface area contributed by atoms with Crippen molar-refractivity contribution in [2.24, 2.45) is 0 Å². The smallest absolute Gasteiger partial charge is 0.283 e. The highest BCUT2D eigenvalue weighted by atomic mass is 79.9. The Morgan fingerprint density at radius 2 is 2.11 bits per heavy atom. The number of halogens is 1. The highest BCUT2D eigenvalue weighted by Gasteiger charge is 2.10. The fraction of sp³-hybridized carbons (Fsp3) is 0.636. The summed E-state index contributed by atoms with van der Waals surface area (Å²) in [5.41, 5.74) is 0.381. The first-order chi connectivity index (χ1) is 9.13. The summed E-state index contributed by atoms with van der Waals surface area (Å²) < 4.78 is 16.8. The number of ether oxygens (including phenoxy) is 3. The summed E-state index contributed by atoms with van der Waals surface area (Å²) in [6.07, 6.45) is 1.19. The molecule has 0 fully saturated rings. The molecule has 1 aromatic heterocycles. The van der Waals surface area contributed by atoms with Gasteiger partial charge in [0.15, 0.2) is 6.29 Å². The second-order valence-electron chi connectivity index (χ2n) is 3.68. The van der Waals surface area contributed by atoms with Crippen LogP contribution in [0.15, 0.2) is 15.5 Å². The normalized spacial score (nSPS) is 11.0. The molecule has 19 heavy (non-hydrogen) atoms. The van der Waals surface area contributed by atoms with Crippen molar-refractivity contribution in [3.63, 3.8) is 0 Å². The van der Waals surface area contributed by atoms with Gasteiger partial charge in [-0.2, -0.15) is 5.10 Å². The summed E-state index contributed by atoms with van der Waals surface area (Å²) in [6.45, 7) is 1.25. The minimum Gasteiger partial charge on any atom is -0.383 e. The maximum atomic E-state index is 12.0. The topological polar surface area (TPSA) is 74.6 Å². The van der Waals surface area contributed by atoms with Crippen molar-refractivity contribution in [2.75, 3.05) is 39.8 Å². The molecule has 1 N–H and O–H groups in total. The second-order valence-corrected chi connectivity index (χ2v) is 4.47. The van der Waals surface area contributed by atoms with E-state index in [1.807, 2.05) is 0 Å². The monoisotopic (exact) mass is 335 g/mol. The number of hydrogen-bond acceptors (Lipinski definition) is 6. The predicted octanol–water partition coefficient (Wildman–Crippen LogP) is 0.683. The first-order valence-corrected chi connectivity index (χ1v) is 6.47. The average Bonchev–Trinajstić information content (AvgIpc) is 2.43. The zero-order valence-corrected chi connectivity index (χ0v) is 12.8. The van der Waals surface area contributed by atoms with Crippen molar-refractivity contribution >= 4 is 21.6 Å². The quantitative estimate of drug-likeness (QED) is 0.704. The average molecular weight is 336 g/mol. The van der Waals surface area contributed by atoms with Crippen LogP contribution in [0.2, 0.25) is 0 Å². The van der Waals surface area contributed by atoms with E-state index in [2.05, 4.69) is 26.3 Å². The van der Waals surface area contributed by atoms with Crippen LogP contribution in [0.25, 0.3) is 0 Å². The van der Waals surface area contributed by atoms with E-state index in [0.717, 1.165) is 0 Å². The Hall–Kier alpha value is -0.960. The zero-order valence-electron chi connectivity index (χ0n) is 11.2. The third-order valence-corrected chi connectivity index (χ3v) is 3.24. The molecule has 0 amide bonds. The summed E-state index contributed by atoms with van der Waals surface area (Å²) in [6, 6.07) is 0. The van der Waals surface area contributed by atoms with E-state index in [1.165, 1.54) is 4.68 Å². The molecule has 0 bridgehead atoms. The predicted molar refractivity (Wildman–Crippen MR) is 74.4 cm³/mol. The summed E-state index contributed by atoms with van der Waals surface area (Å²) in [5, 5.41) is 7.09. The Labute approximate surface area is 120 Å². The molecule has 0 saturated heterocycles. The van der Waals surface area contributed by atoms with Crippen LogP contribution in [0.1, 0.15) is 0 Å². The Kier molecular flexibility index (Phi) is 7.00. The second kappa shape index (κ2) is 8.26. The number of methoxy groups -OCH3 is 3. The van der Waals surface area contributed by atoms with Gasteiger partial charge in [0.1, 0.15) is 4.47 Å². The minimum atomic E-state index is -0.386. The van der Waals surface area contributed by atoms with Crippen LogP contribution in [0.3, 0.4) is 0 Å². The van der Waals surface area contributed by atoms with Gasteiger partial charge < -0.3 is 19.5 Å². The van der Waals surface area contributed by atoms with E-state index in [0.29, 0.717) is 29.9 Å². The number of nitrogens with zero attached hydrogens (tertiary/aromatic N) is 2. The maximum absolute atomic E-state index is 12.0. The van der Waals surface area contributed by atoms with Crippen LogP contribution in [-0.4, -0.2) is 50.6 Å². The highest BCUT2D eigenvalue weighted by Crippen LogP contribution is 2.16. The van der Waals surface area contributed by atoms with Gasteiger partial charge in [0.2, 0.25) is 0 Å². The van der Waals surface area contributed by atoms with E-state index in [4.69, 9.17) is 14.2 Å². The van der Waals surface area contributed by atoms with E-state index in [1.54, 1.807) is 27.5 Å². The van der Waals surface area contributed by atoms with Crippen molar-refractivity contribution < 1.29 is 14.2 Å². The van der Waals surface area contributed by atoms with Gasteiger partial charge in [-0.05, 0) is 15.9 Å². The molecule has 7 nitrogen and oxygen atoms in total. The van der Waals surface area contributed by atoms with Gasteiger partial charge in [0.25, 0.3) is 5.56 Å². The van der Waals surface area contributed by atoms with E-state index >= 15 is 0 Å². The lowest BCUT2D eigenvalue weighted by Crippen LogP contribution is -2.28. The van der Waals surface area contributed by atoms with Crippen LogP contribution >= 0.6 is 15.9 Å². The lowest BCUT2D eigenvalue weighted by atomic mass is 10.4. The van der Waals surface area contributed by atoms with Gasteiger partial charge in [-0.15, -0.1) is 0 Å². The number of nitrogens with one attached hydrogen (secondary N) is 1. The SMILES string of the molecule is COCCn1ncc(NCC(OC)OC)c(Br)c1=O. The molecule has 0 aliphatic rings. The van der Waals surface area contributed by atoms with E-state index < -0.39 is 0 Å². The first kappa shape index (κ1) is 16.1. The highest BCUT2D eigenvalue weighted by molar-refractivity contribution is 9.10. The molecular weight excluding hydrogens is 318 g/mol. The third-order valence-electron chi connectivity index (χ3n) is 2.48. The largest absolute Gasteiger partial charge is 0.383 e. The Morgan fingerprint density at radius 3 is 2.68 bits per heavy atom. The summed E-state index contributed by atoms with van der Waals surface area (Å²) >= 11 is 3.26. The van der Waals surface area contributed by atoms with Gasteiger partial charge in [0, 0.05) is 21.3 Å². The fourth-order valence-corrected chi connectivity index (χ4v) is 1.83. The number of aromatic nitrogens is 2. The molecule has 1 rings (SSSR count). The minimum absolute atomic E-state index is 0.214. The fourth-order valence-electron chi connectivity index (χ4n) is 1.38. The van der Waals surface area contributed by atoms with Crippen molar-refractivity contribution in [3.05, 3.63) is 21.0 Å². The molecule has 0 aliphatic heterocycles. The van der Waals surface area contributed by atoms with Gasteiger partial charge in [0.05, 0.1) is 31.6 Å². The number of anilines is 1. The first-order valence-electron chi connectivity index (χ1n) is 5.68. The molecule has 108 valence electrons. The lowest BCUT2D eigenvalue weighted by Gasteiger charge is -2.15. The van der Waals surface area contributed by atoms with E-state index in [-0.39, 0.29) is 11.8 Å². The molecule has 1 heterocycles. The van der Waals surface area contributed by atoms with Crippen LogP contribution in [0.5, 0.6) is 0 Å². The maximum Gasteiger partial charge on any atom is 0.283 e. The standard InChI is InChI=1S/C11H18BrN3O4/c1-17-5-4-15-11(16)10(12)8(6-14-15)13-7-9(18-2)19-3/h6,9,13H,4-5,7H2,1-3H3. The van der Waals surface area contributed by atoms with E-state index in [9.17, 15) is 4.79 Å². The van der Waals surface area contributed by atoms with Crippen molar-refractivity contribution in [2.45, 2.75) is 12.8 Å². The molecule has 0 unspecified atom stereocenters. The Bertz CT molecular complexity index is 448. The number of hydrogen-bond donors (Lipinski definition) is 1. The lowest BCUT2D eigenvalue weighted by molar-refractivity contribution is -0.0914. The molecule has 8 heteroatoms. The molecular formula is C11H18BrN3O4. The van der Waals surface area contributed by atoms with Crippen molar-refractivity contribution in [3.8, 4) is 0 Å². The third kappa shape index (κ3) is 4.57. The summed E-state index contributed by atoms with van der Waals surface area (Å²) in [5.74, 6) is 0. The molecule has 0 aliphatic carbocycles. The zero-order chi connectivity index (χ0) is 14.3. The van der Waals surface area contributed by atoms with Gasteiger partial charge in [-0.25, -0.2) is 4.68 Å². The van der Waals surface area contributed by atoms with Gasteiger partial charge in [-0.1, -0.05) is 0 Å². The number of rotatable bonds is 8. The molecule has 0 spiro atoms. The molecule has 0 atom stereocenters. The van der Waals surface area contributed by atoms with Crippen LogP contribution < -0.4 is 10.9 Å². The van der Waals surface area contributed by atoms with Crippen molar-refractivity contribution in [1.82, 2.24) is 9.78 Å². The summed E-state index contributed by atoms with van der Waals surface area (Å²) in [4.78, 5) is 12.0. The van der Waals surface area contributed by atoms with Crippen LogP contribution in [-0.2, 0) is 20.8 Å². The Balaban J connectivity index is 2.76. The van der Waals surface area contributed by atoms with Crippen LogP contribution in [0.4, 0.5) is 5.69 Å². The van der Waals surface area contributed by atoms with Crippen molar-refractivity contribution in [1.29, 1.82) is 0 Å². The molecule has 0 aromatic carbocycles. The van der Waals surface area contributed by atoms with Crippen LogP contribution in [0, 0.1) is 0 Å². The Morgan fingerprint density at radius 1 is 1.42 bits per heavy atom. The molecule has 0 saturated carbocycles. The van der Waals surface area contributed by atoms with Gasteiger partial charge >= 0.3 is 0 Å². The molecule has 0 radical (unpaired) electrons. The molecule has 1 aromatic rings. The summed E-state index contributed by atoms with van der Waals surface area (Å²) in [7, 11) is 4.67. The van der Waals surface area contributed by atoms with Gasteiger partial charge in [-0.3, -0.25) is 4.79 Å².